The van der Waals surface area contributed by atoms with Crippen LogP contribution in [-0.4, -0.2) is 40.1 Å². The zero-order valence-electron chi connectivity index (χ0n) is 15.3. The number of carboxylic acids is 1. The molecular formula is C21H17BN2O5. The summed E-state index contributed by atoms with van der Waals surface area (Å²) in [6, 6.07) is 17.3. The van der Waals surface area contributed by atoms with Crippen LogP contribution < -0.4 is 9.97 Å². The van der Waals surface area contributed by atoms with Crippen molar-refractivity contribution in [3.8, 4) is 17.0 Å². The third-order valence-electron chi connectivity index (χ3n) is 4.77. The highest BCUT2D eigenvalue weighted by molar-refractivity contribution is 6.47. The summed E-state index contributed by atoms with van der Waals surface area (Å²) >= 11 is 0. The predicted octanol–water partition coefficient (Wildman–Crippen LogP) is 2.20. The van der Waals surface area contributed by atoms with E-state index in [1.807, 2.05) is 18.2 Å². The molecule has 2 heterocycles. The molecule has 0 saturated heterocycles. The minimum atomic E-state index is -1.35. The van der Waals surface area contributed by atoms with Gasteiger partial charge in [0.05, 0.1) is 17.2 Å². The number of nitrogens with zero attached hydrogens (tertiary/aromatic N) is 1. The molecule has 1 aliphatic rings. The Kier molecular flexibility index (Phi) is 5.01. The van der Waals surface area contributed by atoms with Crippen molar-refractivity contribution in [2.24, 2.45) is 0 Å². The highest BCUT2D eigenvalue weighted by atomic mass is 16.5. The smallest absolute Gasteiger partial charge is 0.534 e. The largest absolute Gasteiger partial charge is 0.547 e. The number of amides is 1. The van der Waals surface area contributed by atoms with Crippen LogP contribution in [0.15, 0.2) is 66.9 Å². The minimum Gasteiger partial charge on any atom is -0.534 e. The lowest BCUT2D eigenvalue weighted by molar-refractivity contribution is 0.0693. The number of carboxylic acid groups (broad SMARTS) is 1. The van der Waals surface area contributed by atoms with E-state index in [0.29, 0.717) is 11.1 Å². The first-order valence-corrected chi connectivity index (χ1v) is 9.05. The maximum atomic E-state index is 12.6. The quantitative estimate of drug-likeness (QED) is 0.592. The Morgan fingerprint density at radius 1 is 1.07 bits per heavy atom. The molecule has 7 nitrogen and oxygen atoms in total. The Morgan fingerprint density at radius 2 is 1.86 bits per heavy atom. The number of carbonyl (C=O) groups excluding carboxylic acids is 1. The van der Waals surface area contributed by atoms with Gasteiger partial charge in [-0.1, -0.05) is 30.3 Å². The third kappa shape index (κ3) is 3.83. The van der Waals surface area contributed by atoms with Gasteiger partial charge in [0.1, 0.15) is 5.75 Å². The van der Waals surface area contributed by atoms with Crippen LogP contribution in [0, 0.1) is 0 Å². The van der Waals surface area contributed by atoms with Gasteiger partial charge in [-0.25, -0.2) is 4.79 Å². The zero-order valence-corrected chi connectivity index (χ0v) is 15.3. The van der Waals surface area contributed by atoms with E-state index < -0.39 is 19.0 Å². The molecular weight excluding hydrogens is 371 g/mol. The number of carbonyl (C=O) groups is 2. The maximum absolute atomic E-state index is 12.6. The fourth-order valence-electron chi connectivity index (χ4n) is 3.29. The van der Waals surface area contributed by atoms with Crippen molar-refractivity contribution >= 4 is 19.0 Å². The van der Waals surface area contributed by atoms with Gasteiger partial charge in [-0.2, -0.15) is 0 Å². The number of para-hydroxylation sites is 1. The van der Waals surface area contributed by atoms with Gasteiger partial charge < -0.3 is 20.1 Å². The second kappa shape index (κ2) is 7.77. The van der Waals surface area contributed by atoms with E-state index in [-0.39, 0.29) is 23.6 Å². The molecule has 0 saturated carbocycles. The molecule has 0 unspecified atom stereocenters. The normalized spacial score (nSPS) is 15.2. The van der Waals surface area contributed by atoms with Gasteiger partial charge >= 0.3 is 13.1 Å². The summed E-state index contributed by atoms with van der Waals surface area (Å²) in [5, 5.41) is 22.3. The molecule has 0 radical (unpaired) electrons. The summed E-state index contributed by atoms with van der Waals surface area (Å²) in [7, 11) is -1.35. The number of fused-ring (bicyclic) bond motifs is 1. The van der Waals surface area contributed by atoms with Crippen molar-refractivity contribution in [2.75, 3.05) is 0 Å². The van der Waals surface area contributed by atoms with Crippen molar-refractivity contribution in [3.05, 3.63) is 83.6 Å². The van der Waals surface area contributed by atoms with Gasteiger partial charge in [-0.05, 0) is 42.3 Å². The van der Waals surface area contributed by atoms with Crippen molar-refractivity contribution in [1.82, 2.24) is 10.3 Å². The van der Waals surface area contributed by atoms with E-state index >= 15 is 0 Å². The van der Waals surface area contributed by atoms with Crippen molar-refractivity contribution in [2.45, 2.75) is 12.4 Å². The Balaban J connectivity index is 1.49. The average Bonchev–Trinajstić information content (AvgIpc) is 2.74. The maximum Gasteiger partial charge on any atom is 0.547 e. The zero-order chi connectivity index (χ0) is 20.4. The minimum absolute atomic E-state index is 0.0172. The third-order valence-corrected chi connectivity index (χ3v) is 4.77. The van der Waals surface area contributed by atoms with Crippen LogP contribution in [0.1, 0.15) is 26.3 Å². The molecule has 0 fully saturated rings. The summed E-state index contributed by atoms with van der Waals surface area (Å²) in [6.45, 7) is 0. The lowest BCUT2D eigenvalue weighted by Gasteiger charge is -2.28. The van der Waals surface area contributed by atoms with Gasteiger partial charge in [-0.15, -0.1) is 0 Å². The number of aromatic nitrogens is 1. The van der Waals surface area contributed by atoms with Crippen LogP contribution in [0.2, 0.25) is 0 Å². The second-order valence-electron chi connectivity index (χ2n) is 6.68. The molecule has 0 bridgehead atoms. The Morgan fingerprint density at radius 3 is 2.55 bits per heavy atom. The Hall–Kier alpha value is -3.65. The van der Waals surface area contributed by atoms with E-state index in [9.17, 15) is 19.7 Å². The lowest BCUT2D eigenvalue weighted by atomic mass is 9.72. The molecule has 0 spiro atoms. The Labute approximate surface area is 167 Å². The van der Waals surface area contributed by atoms with E-state index in [1.54, 1.807) is 42.6 Å². The summed E-state index contributed by atoms with van der Waals surface area (Å²) in [6.07, 6.45) is 1.96. The van der Waals surface area contributed by atoms with Crippen LogP contribution in [0.25, 0.3) is 11.3 Å². The second-order valence-corrected chi connectivity index (χ2v) is 6.68. The molecule has 3 N–H and O–H groups in total. The van der Waals surface area contributed by atoms with Crippen LogP contribution in [-0.2, 0) is 6.42 Å². The van der Waals surface area contributed by atoms with Crippen LogP contribution in [0.3, 0.4) is 0 Å². The molecule has 1 aliphatic heterocycles. The molecule has 1 amide bonds. The Bertz CT molecular complexity index is 1060. The van der Waals surface area contributed by atoms with Gasteiger partial charge in [0.25, 0.3) is 5.91 Å². The number of rotatable bonds is 4. The number of hydrogen-bond acceptors (Lipinski definition) is 5. The van der Waals surface area contributed by atoms with E-state index in [0.717, 1.165) is 11.3 Å². The summed E-state index contributed by atoms with van der Waals surface area (Å²) in [5.41, 5.74) is 2.73. The first-order chi connectivity index (χ1) is 14.0. The average molecular weight is 388 g/mol. The SMILES string of the molecule is O=C(N[C@H]1Cc2cccc(C(=O)O)c2OB1O)c1ccc(-c2ccccn2)cc1. The fraction of sp³-hybridized carbons (Fsp3) is 0.0952. The number of nitrogens with one attached hydrogen (secondary N) is 1. The molecule has 29 heavy (non-hydrogen) atoms. The van der Waals surface area contributed by atoms with Gasteiger partial charge in [0, 0.05) is 17.3 Å². The van der Waals surface area contributed by atoms with E-state index in [4.69, 9.17) is 4.65 Å². The number of benzene rings is 2. The van der Waals surface area contributed by atoms with Crippen LogP contribution >= 0.6 is 0 Å². The standard InChI is InChI=1S/C21H17BN2O5/c25-20(14-9-7-13(8-10-14)17-6-1-2-11-23-17)24-18-12-15-4-3-5-16(21(26)27)19(15)29-22(18)28/h1-11,18,28H,12H2,(H,24,25)(H,26,27)/t18-/m0/s1. The first-order valence-electron chi connectivity index (χ1n) is 9.05. The molecule has 2 aromatic carbocycles. The van der Waals surface area contributed by atoms with E-state index in [2.05, 4.69) is 10.3 Å². The fourth-order valence-corrected chi connectivity index (χ4v) is 3.29. The highest BCUT2D eigenvalue weighted by Gasteiger charge is 2.37. The summed E-state index contributed by atoms with van der Waals surface area (Å²) in [4.78, 5) is 28.2. The number of aromatic carboxylic acids is 1. The molecule has 144 valence electrons. The van der Waals surface area contributed by atoms with Gasteiger partial charge in [-0.3, -0.25) is 9.78 Å². The van der Waals surface area contributed by atoms with E-state index in [1.165, 1.54) is 6.07 Å². The summed E-state index contributed by atoms with van der Waals surface area (Å²) < 4.78 is 5.40. The predicted molar refractivity (Wildman–Crippen MR) is 107 cm³/mol. The number of pyridine rings is 1. The number of hydrogen-bond donors (Lipinski definition) is 3. The molecule has 1 atom stereocenters. The van der Waals surface area contributed by atoms with Crippen molar-refractivity contribution < 1.29 is 24.4 Å². The molecule has 3 aromatic rings. The van der Waals surface area contributed by atoms with Crippen molar-refractivity contribution in [3.63, 3.8) is 0 Å². The van der Waals surface area contributed by atoms with Crippen LogP contribution in [0.5, 0.6) is 5.75 Å². The summed E-state index contributed by atoms with van der Waals surface area (Å²) in [5.74, 6) is -2.06. The topological polar surface area (TPSA) is 109 Å². The van der Waals surface area contributed by atoms with Crippen LogP contribution in [0.4, 0.5) is 0 Å². The molecule has 8 heteroatoms. The lowest BCUT2D eigenvalue weighted by Crippen LogP contribution is -2.53. The highest BCUT2D eigenvalue weighted by Crippen LogP contribution is 2.30. The van der Waals surface area contributed by atoms with Gasteiger partial charge in [0.15, 0.2) is 0 Å². The molecule has 4 rings (SSSR count). The monoisotopic (exact) mass is 388 g/mol. The molecule has 1 aromatic heterocycles. The first kappa shape index (κ1) is 18.7. The van der Waals surface area contributed by atoms with Gasteiger partial charge in [0.2, 0.25) is 0 Å². The van der Waals surface area contributed by atoms with Crippen molar-refractivity contribution in [1.29, 1.82) is 0 Å². The molecule has 0 aliphatic carbocycles.